The molecule has 0 heterocycles. The molecule has 0 spiro atoms. The maximum atomic E-state index is 13.5. The van der Waals surface area contributed by atoms with Crippen molar-refractivity contribution in [2.75, 3.05) is 26.9 Å². The topological polar surface area (TPSA) is 30.5 Å². The van der Waals surface area contributed by atoms with Gasteiger partial charge in [0.2, 0.25) is 0 Å². The first-order valence-electron chi connectivity index (χ1n) is 5.83. The highest BCUT2D eigenvalue weighted by molar-refractivity contribution is 5.30. The molecule has 17 heavy (non-hydrogen) atoms. The van der Waals surface area contributed by atoms with Crippen molar-refractivity contribution in [3.8, 4) is 5.75 Å². The minimum absolute atomic E-state index is 0.0934. The summed E-state index contributed by atoms with van der Waals surface area (Å²) in [6.07, 6.45) is 0. The average molecular weight is 241 g/mol. The van der Waals surface area contributed by atoms with E-state index in [1.54, 1.807) is 6.07 Å². The molecular formula is C13H20FNO2. The highest BCUT2D eigenvalue weighted by atomic mass is 19.1. The molecule has 0 fully saturated rings. The molecule has 1 rings (SSSR count). The van der Waals surface area contributed by atoms with Gasteiger partial charge in [-0.1, -0.05) is 6.07 Å². The van der Waals surface area contributed by atoms with Crippen LogP contribution in [0.5, 0.6) is 5.75 Å². The minimum Gasteiger partial charge on any atom is -0.494 e. The Hall–Kier alpha value is -1.13. The second kappa shape index (κ2) is 7.25. The van der Waals surface area contributed by atoms with Gasteiger partial charge in [-0.15, -0.1) is 0 Å². The fourth-order valence-corrected chi connectivity index (χ4v) is 1.56. The molecule has 0 amide bonds. The first-order chi connectivity index (χ1) is 8.19. The van der Waals surface area contributed by atoms with E-state index in [-0.39, 0.29) is 17.6 Å². The van der Waals surface area contributed by atoms with Crippen molar-refractivity contribution in [1.29, 1.82) is 0 Å². The third-order valence-corrected chi connectivity index (χ3v) is 2.58. The average Bonchev–Trinajstić information content (AvgIpc) is 2.34. The van der Waals surface area contributed by atoms with E-state index >= 15 is 0 Å². The molecule has 0 bridgehead atoms. The third kappa shape index (κ3) is 4.32. The lowest BCUT2D eigenvalue weighted by molar-refractivity contribution is 0.147. The van der Waals surface area contributed by atoms with E-state index in [1.165, 1.54) is 13.2 Å². The van der Waals surface area contributed by atoms with Crippen LogP contribution in [0.3, 0.4) is 0 Å². The molecule has 1 N–H and O–H groups in total. The Morgan fingerprint density at radius 1 is 1.41 bits per heavy atom. The number of hydrogen-bond acceptors (Lipinski definition) is 3. The molecule has 1 aromatic carbocycles. The minimum atomic E-state index is -0.330. The standard InChI is InChI=1S/C13H20FNO2/c1-4-17-8-7-15-10(2)11-5-6-13(16-3)12(14)9-11/h5-6,9-10,15H,4,7-8H2,1-3H3. The van der Waals surface area contributed by atoms with Gasteiger partial charge in [0.15, 0.2) is 11.6 Å². The first-order valence-corrected chi connectivity index (χ1v) is 5.83. The normalized spacial score (nSPS) is 12.5. The van der Waals surface area contributed by atoms with Crippen molar-refractivity contribution < 1.29 is 13.9 Å². The van der Waals surface area contributed by atoms with Crippen molar-refractivity contribution in [2.24, 2.45) is 0 Å². The molecule has 0 saturated carbocycles. The molecule has 3 nitrogen and oxygen atoms in total. The van der Waals surface area contributed by atoms with Crippen LogP contribution in [-0.2, 0) is 4.74 Å². The zero-order valence-electron chi connectivity index (χ0n) is 10.6. The van der Waals surface area contributed by atoms with Crippen molar-refractivity contribution >= 4 is 0 Å². The summed E-state index contributed by atoms with van der Waals surface area (Å²) in [4.78, 5) is 0. The number of ether oxygens (including phenoxy) is 2. The molecule has 0 aliphatic carbocycles. The number of hydrogen-bond donors (Lipinski definition) is 1. The zero-order valence-corrected chi connectivity index (χ0v) is 10.6. The molecule has 0 radical (unpaired) electrons. The van der Waals surface area contributed by atoms with Crippen LogP contribution in [0.15, 0.2) is 18.2 Å². The van der Waals surface area contributed by atoms with Crippen molar-refractivity contribution in [3.05, 3.63) is 29.6 Å². The van der Waals surface area contributed by atoms with Crippen LogP contribution in [0.1, 0.15) is 25.5 Å². The van der Waals surface area contributed by atoms with Gasteiger partial charge in [0.1, 0.15) is 0 Å². The van der Waals surface area contributed by atoms with E-state index in [0.29, 0.717) is 13.2 Å². The van der Waals surface area contributed by atoms with E-state index in [0.717, 1.165) is 12.1 Å². The lowest BCUT2D eigenvalue weighted by Gasteiger charge is -2.15. The Labute approximate surface area is 102 Å². The summed E-state index contributed by atoms with van der Waals surface area (Å²) in [6.45, 7) is 6.09. The first kappa shape index (κ1) is 13.9. The van der Waals surface area contributed by atoms with Gasteiger partial charge in [-0.05, 0) is 31.5 Å². The van der Waals surface area contributed by atoms with Gasteiger partial charge in [0.05, 0.1) is 13.7 Å². The van der Waals surface area contributed by atoms with Gasteiger partial charge >= 0.3 is 0 Å². The van der Waals surface area contributed by atoms with Gasteiger partial charge in [-0.25, -0.2) is 4.39 Å². The number of methoxy groups -OCH3 is 1. The van der Waals surface area contributed by atoms with Crippen LogP contribution in [0.4, 0.5) is 4.39 Å². The molecule has 1 atom stereocenters. The summed E-state index contributed by atoms with van der Waals surface area (Å²) in [6, 6.07) is 5.10. The molecule has 4 heteroatoms. The molecule has 0 aliphatic rings. The highest BCUT2D eigenvalue weighted by Gasteiger charge is 2.08. The lowest BCUT2D eigenvalue weighted by Crippen LogP contribution is -2.23. The molecule has 1 aromatic rings. The van der Waals surface area contributed by atoms with Crippen LogP contribution in [0.2, 0.25) is 0 Å². The Morgan fingerprint density at radius 3 is 2.76 bits per heavy atom. The maximum Gasteiger partial charge on any atom is 0.165 e. The van der Waals surface area contributed by atoms with Crippen LogP contribution in [0, 0.1) is 5.82 Å². The molecular weight excluding hydrogens is 221 g/mol. The predicted octanol–water partition coefficient (Wildman–Crippen LogP) is 2.52. The fourth-order valence-electron chi connectivity index (χ4n) is 1.56. The molecule has 0 saturated heterocycles. The van der Waals surface area contributed by atoms with E-state index in [1.807, 2.05) is 19.9 Å². The van der Waals surface area contributed by atoms with Gasteiger partial charge in [-0.2, -0.15) is 0 Å². The van der Waals surface area contributed by atoms with Crippen LogP contribution in [0.25, 0.3) is 0 Å². The van der Waals surface area contributed by atoms with E-state index in [9.17, 15) is 4.39 Å². The predicted molar refractivity (Wildman–Crippen MR) is 65.9 cm³/mol. The Kier molecular flexibility index (Phi) is 5.94. The number of halogens is 1. The smallest absolute Gasteiger partial charge is 0.165 e. The largest absolute Gasteiger partial charge is 0.494 e. The summed E-state index contributed by atoms with van der Waals surface area (Å²) >= 11 is 0. The number of rotatable bonds is 7. The van der Waals surface area contributed by atoms with Gasteiger partial charge in [-0.3, -0.25) is 0 Å². The van der Waals surface area contributed by atoms with E-state index in [4.69, 9.17) is 9.47 Å². The van der Waals surface area contributed by atoms with Crippen molar-refractivity contribution in [1.82, 2.24) is 5.32 Å². The van der Waals surface area contributed by atoms with Gasteiger partial charge in [0.25, 0.3) is 0 Å². The molecule has 96 valence electrons. The summed E-state index contributed by atoms with van der Waals surface area (Å²) in [5.41, 5.74) is 0.903. The molecule has 1 unspecified atom stereocenters. The van der Waals surface area contributed by atoms with Crippen LogP contribution in [-0.4, -0.2) is 26.9 Å². The number of benzene rings is 1. The molecule has 0 aliphatic heterocycles. The van der Waals surface area contributed by atoms with Crippen molar-refractivity contribution in [3.63, 3.8) is 0 Å². The number of nitrogens with one attached hydrogen (secondary N) is 1. The van der Waals surface area contributed by atoms with Crippen molar-refractivity contribution in [2.45, 2.75) is 19.9 Å². The Bertz CT molecular complexity index is 344. The SMILES string of the molecule is CCOCCNC(C)c1ccc(OC)c(F)c1. The highest BCUT2D eigenvalue weighted by Crippen LogP contribution is 2.21. The second-order valence-corrected chi connectivity index (χ2v) is 3.77. The maximum absolute atomic E-state index is 13.5. The summed E-state index contributed by atoms with van der Waals surface area (Å²) in [5, 5.41) is 3.27. The summed E-state index contributed by atoms with van der Waals surface area (Å²) in [5.74, 6) is -0.0567. The molecule has 0 aromatic heterocycles. The zero-order chi connectivity index (χ0) is 12.7. The van der Waals surface area contributed by atoms with Gasteiger partial charge < -0.3 is 14.8 Å². The van der Waals surface area contributed by atoms with E-state index < -0.39 is 0 Å². The monoisotopic (exact) mass is 241 g/mol. The lowest BCUT2D eigenvalue weighted by atomic mass is 10.1. The fraction of sp³-hybridized carbons (Fsp3) is 0.538. The van der Waals surface area contributed by atoms with E-state index in [2.05, 4.69) is 5.32 Å². The van der Waals surface area contributed by atoms with Gasteiger partial charge in [0, 0.05) is 19.2 Å². The Morgan fingerprint density at radius 2 is 2.18 bits per heavy atom. The second-order valence-electron chi connectivity index (χ2n) is 3.77. The third-order valence-electron chi connectivity index (χ3n) is 2.58. The van der Waals surface area contributed by atoms with Crippen LogP contribution >= 0.6 is 0 Å². The summed E-state index contributed by atoms with van der Waals surface area (Å²) in [7, 11) is 1.46. The summed E-state index contributed by atoms with van der Waals surface area (Å²) < 4.78 is 23.6. The van der Waals surface area contributed by atoms with Crippen LogP contribution < -0.4 is 10.1 Å². The quantitative estimate of drug-likeness (QED) is 0.744. The Balaban J connectivity index is 2.51.